The lowest BCUT2D eigenvalue weighted by Crippen LogP contribution is -2.30. The fourth-order valence-electron chi connectivity index (χ4n) is 1.13. The van der Waals surface area contributed by atoms with Gasteiger partial charge in [-0.2, -0.15) is 5.10 Å². The van der Waals surface area contributed by atoms with Gasteiger partial charge in [0.1, 0.15) is 0 Å². The first kappa shape index (κ1) is 12.2. The highest BCUT2D eigenvalue weighted by molar-refractivity contribution is 7.89. The van der Waals surface area contributed by atoms with E-state index in [9.17, 15) is 8.42 Å². The Morgan fingerprint density at radius 2 is 2.27 bits per heavy atom. The molecule has 0 radical (unpaired) electrons. The van der Waals surface area contributed by atoms with Gasteiger partial charge in [-0.05, 0) is 12.5 Å². The summed E-state index contributed by atoms with van der Waals surface area (Å²) in [6.45, 7) is 1.27. The first-order chi connectivity index (χ1) is 7.14. The minimum absolute atomic E-state index is 0.0191. The molecular formula is C8H16N4O2S. The Kier molecular flexibility index (Phi) is 4.73. The van der Waals surface area contributed by atoms with Crippen molar-refractivity contribution in [3.63, 3.8) is 0 Å². The lowest BCUT2D eigenvalue weighted by atomic mass is 10.4. The maximum Gasteiger partial charge on any atom is 0.212 e. The van der Waals surface area contributed by atoms with E-state index in [4.69, 9.17) is 5.73 Å². The van der Waals surface area contributed by atoms with E-state index in [0.29, 0.717) is 19.5 Å². The van der Waals surface area contributed by atoms with Crippen molar-refractivity contribution in [3.8, 4) is 0 Å². The molecule has 0 bridgehead atoms. The first-order valence-electron chi connectivity index (χ1n) is 4.79. The van der Waals surface area contributed by atoms with Crippen LogP contribution in [0.15, 0.2) is 18.5 Å². The van der Waals surface area contributed by atoms with E-state index in [1.807, 2.05) is 12.3 Å². The highest BCUT2D eigenvalue weighted by Gasteiger charge is 2.06. The van der Waals surface area contributed by atoms with Gasteiger partial charge in [-0.1, -0.05) is 0 Å². The van der Waals surface area contributed by atoms with Crippen molar-refractivity contribution in [2.75, 3.05) is 18.8 Å². The summed E-state index contributed by atoms with van der Waals surface area (Å²) in [5, 5.41) is 4.01. The van der Waals surface area contributed by atoms with Crippen LogP contribution in [0.2, 0.25) is 0 Å². The standard InChI is InChI=1S/C8H16N4O2S/c9-3-8-15(13,14)11-5-2-7-12-6-1-4-10-12/h1,4,6,11H,2-3,5,7-9H2. The Morgan fingerprint density at radius 3 is 2.87 bits per heavy atom. The van der Waals surface area contributed by atoms with Gasteiger partial charge in [0, 0.05) is 32.0 Å². The number of hydrogen-bond donors (Lipinski definition) is 2. The van der Waals surface area contributed by atoms with Gasteiger partial charge in [0.2, 0.25) is 10.0 Å². The van der Waals surface area contributed by atoms with Crippen molar-refractivity contribution < 1.29 is 8.42 Å². The van der Waals surface area contributed by atoms with Crippen molar-refractivity contribution in [3.05, 3.63) is 18.5 Å². The van der Waals surface area contributed by atoms with E-state index in [1.165, 1.54) is 0 Å². The van der Waals surface area contributed by atoms with Crippen LogP contribution < -0.4 is 10.5 Å². The lowest BCUT2D eigenvalue weighted by Gasteiger charge is -2.05. The molecule has 1 aromatic rings. The predicted molar refractivity (Wildman–Crippen MR) is 57.7 cm³/mol. The third-order valence-electron chi connectivity index (χ3n) is 1.83. The van der Waals surface area contributed by atoms with Crippen molar-refractivity contribution >= 4 is 10.0 Å². The molecule has 1 aromatic heterocycles. The van der Waals surface area contributed by atoms with E-state index in [2.05, 4.69) is 9.82 Å². The zero-order valence-electron chi connectivity index (χ0n) is 8.46. The number of nitrogens with zero attached hydrogens (tertiary/aromatic N) is 2. The highest BCUT2D eigenvalue weighted by atomic mass is 32.2. The van der Waals surface area contributed by atoms with Gasteiger partial charge in [-0.25, -0.2) is 13.1 Å². The van der Waals surface area contributed by atoms with Gasteiger partial charge in [0.25, 0.3) is 0 Å². The van der Waals surface area contributed by atoms with Gasteiger partial charge >= 0.3 is 0 Å². The molecule has 1 rings (SSSR count). The average Bonchev–Trinajstić information content (AvgIpc) is 2.65. The summed E-state index contributed by atoms with van der Waals surface area (Å²) >= 11 is 0. The Bertz CT molecular complexity index is 360. The van der Waals surface area contributed by atoms with Crippen LogP contribution in [0.5, 0.6) is 0 Å². The normalized spacial score (nSPS) is 11.8. The van der Waals surface area contributed by atoms with Crippen molar-refractivity contribution in [1.82, 2.24) is 14.5 Å². The smallest absolute Gasteiger partial charge is 0.212 e. The fourth-order valence-corrected chi connectivity index (χ4v) is 2.04. The molecule has 0 spiro atoms. The summed E-state index contributed by atoms with van der Waals surface area (Å²) in [5.41, 5.74) is 5.16. The second-order valence-corrected chi connectivity index (χ2v) is 5.05. The van der Waals surface area contributed by atoms with Gasteiger partial charge in [-0.3, -0.25) is 4.68 Å². The molecule has 0 saturated carbocycles. The zero-order valence-corrected chi connectivity index (χ0v) is 9.28. The first-order valence-corrected chi connectivity index (χ1v) is 6.44. The summed E-state index contributed by atoms with van der Waals surface area (Å²) in [6.07, 6.45) is 4.25. The topological polar surface area (TPSA) is 90.0 Å². The van der Waals surface area contributed by atoms with Gasteiger partial charge < -0.3 is 5.73 Å². The van der Waals surface area contributed by atoms with E-state index < -0.39 is 10.0 Å². The summed E-state index contributed by atoms with van der Waals surface area (Å²) in [6, 6.07) is 1.83. The number of aromatic nitrogens is 2. The van der Waals surface area contributed by atoms with Crippen molar-refractivity contribution in [1.29, 1.82) is 0 Å². The predicted octanol–water partition coefficient (Wildman–Crippen LogP) is -0.849. The largest absolute Gasteiger partial charge is 0.329 e. The summed E-state index contributed by atoms with van der Waals surface area (Å²) in [4.78, 5) is 0. The fraction of sp³-hybridized carbons (Fsp3) is 0.625. The van der Waals surface area contributed by atoms with Crippen LogP contribution in [-0.4, -0.2) is 37.0 Å². The molecule has 7 heteroatoms. The van der Waals surface area contributed by atoms with Crippen LogP contribution in [0.1, 0.15) is 6.42 Å². The van der Waals surface area contributed by atoms with Crippen LogP contribution in [0.3, 0.4) is 0 Å². The Labute approximate surface area is 89.5 Å². The molecule has 0 fully saturated rings. The highest BCUT2D eigenvalue weighted by Crippen LogP contribution is 1.89. The molecule has 3 N–H and O–H groups in total. The van der Waals surface area contributed by atoms with Gasteiger partial charge in [-0.15, -0.1) is 0 Å². The molecule has 0 aliphatic carbocycles. The molecule has 86 valence electrons. The quantitative estimate of drug-likeness (QED) is 0.599. The summed E-state index contributed by atoms with van der Waals surface area (Å²) < 4.78 is 26.6. The van der Waals surface area contributed by atoms with E-state index in [-0.39, 0.29) is 12.3 Å². The zero-order chi connectivity index (χ0) is 11.1. The second kappa shape index (κ2) is 5.84. The number of nitrogens with one attached hydrogen (secondary N) is 1. The molecule has 6 nitrogen and oxygen atoms in total. The summed E-state index contributed by atoms with van der Waals surface area (Å²) in [7, 11) is -3.18. The molecule has 15 heavy (non-hydrogen) atoms. The Morgan fingerprint density at radius 1 is 1.47 bits per heavy atom. The molecule has 0 atom stereocenters. The van der Waals surface area contributed by atoms with Crippen LogP contribution in [-0.2, 0) is 16.6 Å². The lowest BCUT2D eigenvalue weighted by molar-refractivity contribution is 0.553. The minimum atomic E-state index is -3.18. The molecule has 0 unspecified atom stereocenters. The van der Waals surface area contributed by atoms with E-state index in [1.54, 1.807) is 10.9 Å². The Hall–Kier alpha value is -0.920. The molecule has 0 amide bonds. The third-order valence-corrected chi connectivity index (χ3v) is 3.25. The number of aryl methyl sites for hydroxylation is 1. The molecule has 0 aliphatic rings. The van der Waals surface area contributed by atoms with E-state index in [0.717, 1.165) is 0 Å². The van der Waals surface area contributed by atoms with Gasteiger partial charge in [0.15, 0.2) is 0 Å². The van der Waals surface area contributed by atoms with E-state index >= 15 is 0 Å². The molecule has 0 saturated heterocycles. The van der Waals surface area contributed by atoms with Crippen LogP contribution in [0.4, 0.5) is 0 Å². The Balaban J connectivity index is 2.17. The number of rotatable bonds is 7. The molecular weight excluding hydrogens is 216 g/mol. The number of hydrogen-bond acceptors (Lipinski definition) is 4. The van der Waals surface area contributed by atoms with Crippen molar-refractivity contribution in [2.24, 2.45) is 5.73 Å². The number of nitrogens with two attached hydrogens (primary N) is 1. The monoisotopic (exact) mass is 232 g/mol. The van der Waals surface area contributed by atoms with Gasteiger partial charge in [0.05, 0.1) is 5.75 Å². The number of sulfonamides is 1. The molecule has 0 aliphatic heterocycles. The molecule has 0 aromatic carbocycles. The van der Waals surface area contributed by atoms with Crippen LogP contribution in [0, 0.1) is 0 Å². The minimum Gasteiger partial charge on any atom is -0.329 e. The second-order valence-electron chi connectivity index (χ2n) is 3.12. The maximum atomic E-state index is 11.2. The molecule has 1 heterocycles. The van der Waals surface area contributed by atoms with Crippen LogP contribution >= 0.6 is 0 Å². The summed E-state index contributed by atoms with van der Waals surface area (Å²) in [5.74, 6) is -0.0191. The average molecular weight is 232 g/mol. The SMILES string of the molecule is NCCS(=O)(=O)NCCCn1cccn1. The van der Waals surface area contributed by atoms with Crippen LogP contribution in [0.25, 0.3) is 0 Å². The maximum absolute atomic E-state index is 11.2. The van der Waals surface area contributed by atoms with Crippen molar-refractivity contribution in [2.45, 2.75) is 13.0 Å². The third kappa shape index (κ3) is 4.91.